The van der Waals surface area contributed by atoms with Crippen molar-refractivity contribution in [3.05, 3.63) is 106 Å². The van der Waals surface area contributed by atoms with Gasteiger partial charge in [0.25, 0.3) is 17.7 Å². The molecule has 1 fully saturated rings. The van der Waals surface area contributed by atoms with Crippen LogP contribution in [0.3, 0.4) is 0 Å². The molecule has 2 amide bonds. The number of aromatic nitrogens is 2. The Kier molecular flexibility index (Phi) is 9.03. The molecule has 0 aliphatic carbocycles. The van der Waals surface area contributed by atoms with Crippen LogP contribution < -0.4 is 15.8 Å². The minimum absolute atomic E-state index is 0.0475. The number of ether oxygens (including phenoxy) is 2. The fourth-order valence-electron chi connectivity index (χ4n) is 5.00. The first-order valence-corrected chi connectivity index (χ1v) is 15.9. The Hall–Kier alpha value is -5.15. The van der Waals surface area contributed by atoms with E-state index in [0.717, 1.165) is 22.5 Å². The molecule has 4 heterocycles. The van der Waals surface area contributed by atoms with Crippen LogP contribution in [0.5, 0.6) is 5.88 Å². The molecule has 1 unspecified atom stereocenters. The van der Waals surface area contributed by atoms with E-state index in [1.807, 2.05) is 60.7 Å². The van der Waals surface area contributed by atoms with Gasteiger partial charge in [0.15, 0.2) is 16.9 Å². The molecule has 0 saturated carbocycles. The van der Waals surface area contributed by atoms with Crippen molar-refractivity contribution in [1.82, 2.24) is 20.4 Å². The molecule has 236 valence electrons. The molecule has 0 spiro atoms. The number of nitrogens with two attached hydrogens (primary N) is 1. The van der Waals surface area contributed by atoms with Crippen LogP contribution in [0.2, 0.25) is 0 Å². The maximum Gasteiger partial charge on any atom is 0.356 e. The van der Waals surface area contributed by atoms with Crippen LogP contribution in [0.15, 0.2) is 93.1 Å². The van der Waals surface area contributed by atoms with Crippen LogP contribution in [0.25, 0.3) is 0 Å². The maximum atomic E-state index is 14.1. The third kappa shape index (κ3) is 6.32. The Morgan fingerprint density at radius 3 is 2.43 bits per heavy atom. The van der Waals surface area contributed by atoms with Crippen molar-refractivity contribution in [3.63, 3.8) is 0 Å². The molecule has 2 aliphatic heterocycles. The summed E-state index contributed by atoms with van der Waals surface area (Å²) >= 11 is 2.50. The number of nitrogens with zero attached hydrogens (tertiary/aromatic N) is 4. The normalized spacial score (nSPS) is 17.8. The molecule has 2 aromatic carbocycles. The van der Waals surface area contributed by atoms with E-state index in [0.29, 0.717) is 17.1 Å². The zero-order valence-corrected chi connectivity index (χ0v) is 26.2. The summed E-state index contributed by atoms with van der Waals surface area (Å²) in [7, 11) is 1.29. The quantitative estimate of drug-likeness (QED) is 0.105. The minimum atomic E-state index is -0.960. The minimum Gasteiger partial charge on any atom is -0.471 e. The predicted octanol–water partition coefficient (Wildman–Crippen LogP) is 3.44. The number of nitrogen functional groups attached to an aromatic ring is 1. The highest BCUT2D eigenvalue weighted by Gasteiger charge is 2.55. The third-order valence-electron chi connectivity index (χ3n) is 7.12. The van der Waals surface area contributed by atoms with Gasteiger partial charge in [-0.25, -0.2) is 9.78 Å². The lowest BCUT2D eigenvalue weighted by molar-refractivity contribution is -0.154. The van der Waals surface area contributed by atoms with Crippen LogP contribution >= 0.6 is 23.1 Å². The SMILES string of the molecule is CO/N=C(\C(=O)NC1C(=O)N2C(C(=O)OC(c3ccccc3)c3ccccc3)=C(COc3cc(C)on3)CS[C@H]12)c1csc(N)n1. The summed E-state index contributed by atoms with van der Waals surface area (Å²) in [4.78, 5) is 51.4. The van der Waals surface area contributed by atoms with Gasteiger partial charge in [-0.3, -0.25) is 14.5 Å². The Balaban J connectivity index is 1.28. The molecule has 15 heteroatoms. The number of benzene rings is 2. The Labute approximate surface area is 271 Å². The van der Waals surface area contributed by atoms with Gasteiger partial charge in [-0.15, -0.1) is 23.1 Å². The number of rotatable bonds is 11. The Bertz CT molecular complexity index is 1770. The van der Waals surface area contributed by atoms with Crippen molar-refractivity contribution < 1.29 is 33.2 Å². The molecule has 3 N–H and O–H groups in total. The highest BCUT2D eigenvalue weighted by molar-refractivity contribution is 8.00. The van der Waals surface area contributed by atoms with E-state index in [-0.39, 0.29) is 34.7 Å². The highest BCUT2D eigenvalue weighted by Crippen LogP contribution is 2.42. The molecule has 13 nitrogen and oxygen atoms in total. The number of thioether (sulfide) groups is 1. The number of oxime groups is 1. The lowest BCUT2D eigenvalue weighted by Gasteiger charge is -2.49. The van der Waals surface area contributed by atoms with E-state index in [1.54, 1.807) is 18.4 Å². The van der Waals surface area contributed by atoms with E-state index < -0.39 is 35.3 Å². The number of hydrogen-bond donors (Lipinski definition) is 2. The van der Waals surface area contributed by atoms with Gasteiger partial charge in [-0.1, -0.05) is 65.8 Å². The lowest BCUT2D eigenvalue weighted by atomic mass is 10.0. The average molecular weight is 661 g/mol. The molecular formula is C31H28N6O7S2. The van der Waals surface area contributed by atoms with Crippen LogP contribution in [-0.4, -0.2) is 69.4 Å². The van der Waals surface area contributed by atoms with Crippen LogP contribution in [-0.2, 0) is 24.0 Å². The second-order valence-electron chi connectivity index (χ2n) is 10.2. The number of thiazole rings is 1. The molecule has 1 saturated heterocycles. The molecule has 4 aromatic rings. The van der Waals surface area contributed by atoms with E-state index in [4.69, 9.17) is 24.6 Å². The number of carbonyl (C=O) groups is 3. The van der Waals surface area contributed by atoms with E-state index in [1.165, 1.54) is 23.8 Å². The molecule has 2 aliphatic rings. The number of esters is 1. The zero-order valence-electron chi connectivity index (χ0n) is 24.6. The first-order valence-electron chi connectivity index (χ1n) is 14.0. The third-order valence-corrected chi connectivity index (χ3v) is 9.13. The van der Waals surface area contributed by atoms with Crippen molar-refractivity contribution >= 4 is 51.7 Å². The number of nitrogens with one attached hydrogen (secondary N) is 1. The summed E-state index contributed by atoms with van der Waals surface area (Å²) in [5, 5.41) is 11.6. The van der Waals surface area contributed by atoms with Crippen molar-refractivity contribution in [2.24, 2.45) is 5.16 Å². The average Bonchev–Trinajstić information content (AvgIpc) is 3.71. The fourth-order valence-corrected chi connectivity index (χ4v) is 6.88. The van der Waals surface area contributed by atoms with Gasteiger partial charge in [-0.05, 0) is 23.2 Å². The molecule has 0 radical (unpaired) electrons. The standard InChI is InChI=1S/C31H28N6O7S2/c1-17-13-22(35-44-17)42-14-20-15-45-29-24(34-27(38)23(36-41-2)21-16-46-31(32)33-21)28(39)37(29)25(20)30(40)43-26(18-9-5-3-6-10-18)19-11-7-4-8-12-19/h3-13,16,24,26,29H,14-15H2,1-2H3,(H2,32,33)(H,34,38)/b36-23-/t24?,29-/m1/s1. The van der Waals surface area contributed by atoms with Gasteiger partial charge in [0.1, 0.15) is 42.3 Å². The summed E-state index contributed by atoms with van der Waals surface area (Å²) in [5.41, 5.74) is 7.89. The van der Waals surface area contributed by atoms with E-state index in [2.05, 4.69) is 20.6 Å². The number of hydrogen-bond acceptors (Lipinski definition) is 13. The summed E-state index contributed by atoms with van der Waals surface area (Å²) in [6.45, 7) is 1.68. The molecule has 2 atom stereocenters. The number of fused-ring (bicyclic) bond motifs is 1. The maximum absolute atomic E-state index is 14.1. The lowest BCUT2D eigenvalue weighted by Crippen LogP contribution is -2.71. The summed E-state index contributed by atoms with van der Waals surface area (Å²) in [6.07, 6.45) is -0.749. The summed E-state index contributed by atoms with van der Waals surface area (Å²) in [5.74, 6) is -0.783. The molecule has 46 heavy (non-hydrogen) atoms. The second-order valence-corrected chi connectivity index (χ2v) is 12.2. The van der Waals surface area contributed by atoms with E-state index >= 15 is 0 Å². The van der Waals surface area contributed by atoms with Gasteiger partial charge in [-0.2, -0.15) is 0 Å². The van der Waals surface area contributed by atoms with Crippen LogP contribution in [0, 0.1) is 6.92 Å². The van der Waals surface area contributed by atoms with Gasteiger partial charge in [0.05, 0.1) is 0 Å². The zero-order chi connectivity index (χ0) is 32.2. The van der Waals surface area contributed by atoms with Gasteiger partial charge in [0, 0.05) is 22.8 Å². The first-order chi connectivity index (χ1) is 22.3. The second kappa shape index (κ2) is 13.5. The topological polar surface area (TPSA) is 171 Å². The number of amides is 2. The molecular weight excluding hydrogens is 633 g/mol. The van der Waals surface area contributed by atoms with Crippen molar-refractivity contribution in [3.8, 4) is 5.88 Å². The number of β-lactam (4-membered cyclic amide) rings is 1. The largest absolute Gasteiger partial charge is 0.471 e. The molecule has 0 bridgehead atoms. The molecule has 6 rings (SSSR count). The highest BCUT2D eigenvalue weighted by atomic mass is 32.2. The van der Waals surface area contributed by atoms with Crippen LogP contribution in [0.4, 0.5) is 5.13 Å². The number of aryl methyl sites for hydroxylation is 1. The van der Waals surface area contributed by atoms with Crippen LogP contribution in [0.1, 0.15) is 28.7 Å². The summed E-state index contributed by atoms with van der Waals surface area (Å²) < 4.78 is 17.1. The monoisotopic (exact) mass is 660 g/mol. The van der Waals surface area contributed by atoms with Gasteiger partial charge < -0.3 is 29.9 Å². The van der Waals surface area contributed by atoms with E-state index in [9.17, 15) is 14.4 Å². The Morgan fingerprint density at radius 2 is 1.85 bits per heavy atom. The first kappa shape index (κ1) is 30.9. The van der Waals surface area contributed by atoms with Crippen molar-refractivity contribution in [1.29, 1.82) is 0 Å². The Morgan fingerprint density at radius 1 is 1.15 bits per heavy atom. The van der Waals surface area contributed by atoms with Crippen molar-refractivity contribution in [2.45, 2.75) is 24.4 Å². The number of carbonyl (C=O) groups excluding carboxylic acids is 3. The smallest absolute Gasteiger partial charge is 0.356 e. The predicted molar refractivity (Wildman–Crippen MR) is 170 cm³/mol. The fraction of sp³-hybridized carbons (Fsp3) is 0.226. The van der Waals surface area contributed by atoms with Gasteiger partial charge in [0.2, 0.25) is 0 Å². The van der Waals surface area contributed by atoms with Gasteiger partial charge >= 0.3 is 5.97 Å². The summed E-state index contributed by atoms with van der Waals surface area (Å²) in [6, 6.07) is 19.3. The van der Waals surface area contributed by atoms with Crippen molar-refractivity contribution in [2.75, 3.05) is 25.2 Å². The molecule has 2 aromatic heterocycles. The number of anilines is 1.